The fourth-order valence-corrected chi connectivity index (χ4v) is 6.16. The summed E-state index contributed by atoms with van der Waals surface area (Å²) in [5.74, 6) is -0.399. The van der Waals surface area contributed by atoms with Crippen LogP contribution in [0.2, 0.25) is 0 Å². The number of thioether (sulfide) groups is 1. The first-order valence-corrected chi connectivity index (χ1v) is 13.6. The first kappa shape index (κ1) is 25.9. The summed E-state index contributed by atoms with van der Waals surface area (Å²) in [5, 5.41) is 3.02. The number of thiocarbonyl (C=S) groups is 1. The van der Waals surface area contributed by atoms with Crippen molar-refractivity contribution in [3.8, 4) is 0 Å². The number of ether oxygens (including phenoxy) is 1. The quantitative estimate of drug-likeness (QED) is 0.145. The van der Waals surface area contributed by atoms with E-state index in [1.807, 2.05) is 54.6 Å². The van der Waals surface area contributed by atoms with Crippen LogP contribution in [0.1, 0.15) is 23.6 Å². The highest BCUT2D eigenvalue weighted by Gasteiger charge is 2.39. The van der Waals surface area contributed by atoms with Crippen molar-refractivity contribution in [3.05, 3.63) is 132 Å². The molecule has 1 atom stereocenters. The van der Waals surface area contributed by atoms with Crippen LogP contribution < -0.4 is 10.2 Å². The lowest BCUT2D eigenvalue weighted by Gasteiger charge is -2.35. The van der Waals surface area contributed by atoms with E-state index in [2.05, 4.69) is 41.7 Å². The molecule has 1 aliphatic heterocycles. The summed E-state index contributed by atoms with van der Waals surface area (Å²) in [6.07, 6.45) is -0.856. The largest absolute Gasteiger partial charge is 0.442 e. The van der Waals surface area contributed by atoms with Crippen LogP contribution in [-0.4, -0.2) is 30.3 Å². The molecule has 0 aliphatic carbocycles. The van der Waals surface area contributed by atoms with Crippen molar-refractivity contribution in [2.75, 3.05) is 18.0 Å². The Hall–Kier alpha value is -3.68. The third-order valence-corrected chi connectivity index (χ3v) is 8.19. The molecular formula is C31H27FN2O2S2. The maximum Gasteiger partial charge on any atom is 0.414 e. The molecule has 0 saturated carbocycles. The van der Waals surface area contributed by atoms with Gasteiger partial charge >= 0.3 is 6.09 Å². The molecule has 0 radical (unpaired) electrons. The standard InChI is InChI=1S/C31H27FN2O2S2/c1-22(37)33-20-27-21-34(30(35)36-27)26-17-18-29(28(32)19-26)38-31(23-11-5-2-6-12-23,24-13-7-3-8-14-24)25-15-9-4-10-16-25/h2-19,27H,20-21H2,1H3,(H,33,37)/t27-/m0/s1. The van der Waals surface area contributed by atoms with Crippen LogP contribution in [0.25, 0.3) is 0 Å². The molecule has 192 valence electrons. The molecule has 0 aromatic heterocycles. The third-order valence-electron chi connectivity index (χ3n) is 6.48. The number of carbonyl (C=O) groups excluding carboxylic acids is 1. The zero-order valence-electron chi connectivity index (χ0n) is 20.8. The van der Waals surface area contributed by atoms with Gasteiger partial charge in [0.15, 0.2) is 0 Å². The van der Waals surface area contributed by atoms with Gasteiger partial charge in [0.05, 0.1) is 28.5 Å². The molecule has 0 unspecified atom stereocenters. The maximum atomic E-state index is 15.8. The van der Waals surface area contributed by atoms with Crippen LogP contribution in [0.15, 0.2) is 114 Å². The molecule has 4 aromatic rings. The summed E-state index contributed by atoms with van der Waals surface area (Å²) in [4.78, 5) is 15.1. The van der Waals surface area contributed by atoms with Gasteiger partial charge in [0.25, 0.3) is 0 Å². The number of nitrogens with zero attached hydrogens (tertiary/aromatic N) is 1. The van der Waals surface area contributed by atoms with Crippen molar-refractivity contribution in [2.45, 2.75) is 22.7 Å². The number of anilines is 1. The average molecular weight is 543 g/mol. The minimum Gasteiger partial charge on any atom is -0.442 e. The number of halogens is 1. The molecular weight excluding hydrogens is 515 g/mol. The second-order valence-corrected chi connectivity index (χ2v) is 10.9. The molecule has 1 N–H and O–H groups in total. The number of rotatable bonds is 8. The normalized spacial score (nSPS) is 15.3. The molecule has 7 heteroatoms. The van der Waals surface area contributed by atoms with Gasteiger partial charge in [-0.3, -0.25) is 4.90 Å². The molecule has 0 bridgehead atoms. The lowest BCUT2D eigenvalue weighted by atomic mass is 9.84. The highest BCUT2D eigenvalue weighted by Crippen LogP contribution is 2.52. The lowest BCUT2D eigenvalue weighted by Crippen LogP contribution is -2.32. The SMILES string of the molecule is CC(=S)NC[C@H]1CN(c2ccc(SC(c3ccccc3)(c3ccccc3)c3ccccc3)c(F)c2)C(=O)O1. The Labute approximate surface area is 231 Å². The van der Waals surface area contributed by atoms with E-state index in [0.29, 0.717) is 28.7 Å². The predicted octanol–water partition coefficient (Wildman–Crippen LogP) is 7.17. The fraction of sp³-hybridized carbons (Fsp3) is 0.161. The Morgan fingerprint density at radius 3 is 1.95 bits per heavy atom. The molecule has 5 rings (SSSR count). The molecule has 4 aromatic carbocycles. The molecule has 1 amide bonds. The highest BCUT2D eigenvalue weighted by atomic mass is 32.2. The molecule has 1 aliphatic rings. The van der Waals surface area contributed by atoms with Gasteiger partial charge in [-0.25, -0.2) is 9.18 Å². The molecule has 4 nitrogen and oxygen atoms in total. The second kappa shape index (κ2) is 11.4. The van der Waals surface area contributed by atoms with Crippen LogP contribution in [0.3, 0.4) is 0 Å². The topological polar surface area (TPSA) is 41.6 Å². The first-order valence-electron chi connectivity index (χ1n) is 12.3. The summed E-state index contributed by atoms with van der Waals surface area (Å²) < 4.78 is 20.6. The maximum absolute atomic E-state index is 15.8. The second-order valence-electron chi connectivity index (χ2n) is 9.05. The molecule has 1 fully saturated rings. The van der Waals surface area contributed by atoms with Crippen LogP contribution in [0, 0.1) is 5.82 Å². The predicted molar refractivity (Wildman–Crippen MR) is 155 cm³/mol. The molecule has 0 spiro atoms. The minimum atomic E-state index is -0.700. The molecule has 1 saturated heterocycles. The van der Waals surface area contributed by atoms with Crippen molar-refractivity contribution < 1.29 is 13.9 Å². The van der Waals surface area contributed by atoms with Gasteiger partial charge < -0.3 is 10.1 Å². The summed E-state index contributed by atoms with van der Waals surface area (Å²) in [5.41, 5.74) is 3.58. The van der Waals surface area contributed by atoms with Gasteiger partial charge in [0.2, 0.25) is 0 Å². The van der Waals surface area contributed by atoms with Crippen LogP contribution in [-0.2, 0) is 9.48 Å². The smallest absolute Gasteiger partial charge is 0.414 e. The van der Waals surface area contributed by atoms with Crippen LogP contribution in [0.4, 0.5) is 14.9 Å². The lowest BCUT2D eigenvalue weighted by molar-refractivity contribution is 0.143. The van der Waals surface area contributed by atoms with E-state index < -0.39 is 16.7 Å². The number of nitrogens with one attached hydrogen (secondary N) is 1. The van der Waals surface area contributed by atoms with Crippen LogP contribution >= 0.6 is 24.0 Å². The number of hydrogen-bond donors (Lipinski definition) is 1. The van der Waals surface area contributed by atoms with E-state index in [1.165, 1.54) is 22.7 Å². The summed E-state index contributed by atoms with van der Waals surface area (Å²) in [6.45, 7) is 2.51. The number of carbonyl (C=O) groups is 1. The zero-order chi connectivity index (χ0) is 26.5. The van der Waals surface area contributed by atoms with Gasteiger partial charge in [0, 0.05) is 4.90 Å². The van der Waals surface area contributed by atoms with E-state index in [4.69, 9.17) is 17.0 Å². The van der Waals surface area contributed by atoms with Crippen LogP contribution in [0.5, 0.6) is 0 Å². The van der Waals surface area contributed by atoms with Gasteiger partial charge in [0.1, 0.15) is 11.9 Å². The highest BCUT2D eigenvalue weighted by molar-refractivity contribution is 8.00. The van der Waals surface area contributed by atoms with Gasteiger partial charge in [-0.15, -0.1) is 11.8 Å². The van der Waals surface area contributed by atoms with Crippen molar-refractivity contribution in [1.82, 2.24) is 5.32 Å². The Morgan fingerprint density at radius 2 is 1.47 bits per heavy atom. The van der Waals surface area contributed by atoms with E-state index in [9.17, 15) is 4.79 Å². The Morgan fingerprint density at radius 1 is 0.947 bits per heavy atom. The monoisotopic (exact) mass is 542 g/mol. The first-order chi connectivity index (χ1) is 18.5. The zero-order valence-corrected chi connectivity index (χ0v) is 22.5. The van der Waals surface area contributed by atoms with Crippen molar-refractivity contribution in [3.63, 3.8) is 0 Å². The summed E-state index contributed by atoms with van der Waals surface area (Å²) in [7, 11) is 0. The van der Waals surface area contributed by atoms with E-state index in [0.717, 1.165) is 16.7 Å². The van der Waals surface area contributed by atoms with Crippen molar-refractivity contribution in [1.29, 1.82) is 0 Å². The number of benzene rings is 4. The van der Waals surface area contributed by atoms with E-state index >= 15 is 4.39 Å². The van der Waals surface area contributed by atoms with Crippen molar-refractivity contribution in [2.24, 2.45) is 0 Å². The Bertz CT molecular complexity index is 1320. The van der Waals surface area contributed by atoms with Gasteiger partial charge in [-0.1, -0.05) is 103 Å². The van der Waals surface area contributed by atoms with E-state index in [1.54, 1.807) is 19.1 Å². The van der Waals surface area contributed by atoms with Gasteiger partial charge in [-0.05, 0) is 41.8 Å². The Balaban J connectivity index is 1.53. The number of amides is 1. The minimum absolute atomic E-state index is 0.322. The number of hydrogen-bond acceptors (Lipinski definition) is 4. The third kappa shape index (κ3) is 5.30. The number of cyclic esters (lactones) is 1. The molecule has 1 heterocycles. The average Bonchev–Trinajstić information content (AvgIpc) is 3.33. The molecule has 38 heavy (non-hydrogen) atoms. The Kier molecular flexibility index (Phi) is 7.77. The summed E-state index contributed by atoms with van der Waals surface area (Å²) >= 11 is 6.50. The van der Waals surface area contributed by atoms with Crippen molar-refractivity contribution >= 4 is 40.7 Å². The van der Waals surface area contributed by atoms with E-state index in [-0.39, 0.29) is 6.10 Å². The van der Waals surface area contributed by atoms with Gasteiger partial charge in [-0.2, -0.15) is 0 Å². The summed E-state index contributed by atoms with van der Waals surface area (Å²) in [6, 6.07) is 35.4. The fourth-order valence-electron chi connectivity index (χ4n) is 4.70.